The summed E-state index contributed by atoms with van der Waals surface area (Å²) in [7, 11) is 3.09. The highest BCUT2D eigenvalue weighted by Gasteiger charge is 2.37. The second-order valence-corrected chi connectivity index (χ2v) is 14.5. The number of cyclic esters (lactones) is 1. The van der Waals surface area contributed by atoms with Crippen molar-refractivity contribution in [2.75, 3.05) is 33.9 Å². The van der Waals surface area contributed by atoms with Crippen LogP contribution in [0, 0.1) is 11.8 Å². The lowest BCUT2D eigenvalue weighted by Crippen LogP contribution is -2.61. The molecule has 1 heterocycles. The Balaban J connectivity index is 3.50. The van der Waals surface area contributed by atoms with Crippen LogP contribution in [0.25, 0.3) is 0 Å². The van der Waals surface area contributed by atoms with Crippen LogP contribution >= 0.6 is 0 Å². The molecule has 0 aromatic carbocycles. The van der Waals surface area contributed by atoms with E-state index in [1.54, 1.807) is 14.0 Å². The lowest BCUT2D eigenvalue weighted by molar-refractivity contribution is -0.157. The van der Waals surface area contributed by atoms with Gasteiger partial charge in [0.15, 0.2) is 0 Å². The van der Waals surface area contributed by atoms with E-state index in [0.29, 0.717) is 38.7 Å². The van der Waals surface area contributed by atoms with Gasteiger partial charge in [-0.25, -0.2) is 0 Å². The van der Waals surface area contributed by atoms with Crippen molar-refractivity contribution in [1.82, 2.24) is 26.2 Å². The molecule has 0 aromatic heterocycles. The fourth-order valence-corrected chi connectivity index (χ4v) is 6.19. The maximum Gasteiger partial charge on any atom is 0.325 e. The Kier molecular flexibility index (Phi) is 23.0. The summed E-state index contributed by atoms with van der Waals surface area (Å²) in [6, 6.07) is -4.85. The molecule has 1 saturated heterocycles. The van der Waals surface area contributed by atoms with Gasteiger partial charge in [-0.1, -0.05) is 72.6 Å². The average molecular weight is 741 g/mol. The first kappa shape index (κ1) is 46.7. The number of hydrogen-bond acceptors (Lipinski definition) is 10. The van der Waals surface area contributed by atoms with Crippen LogP contribution in [0.5, 0.6) is 0 Å². The molecule has 0 bridgehead atoms. The maximum absolute atomic E-state index is 14.1. The number of carbonyl (C=O) groups is 6. The van der Waals surface area contributed by atoms with Gasteiger partial charge in [0.2, 0.25) is 29.5 Å². The Morgan fingerprint density at radius 3 is 1.98 bits per heavy atom. The molecule has 300 valence electrons. The largest absolute Gasteiger partial charge is 0.460 e. The molecule has 0 aliphatic carbocycles. The van der Waals surface area contributed by atoms with E-state index in [1.807, 2.05) is 13.8 Å². The van der Waals surface area contributed by atoms with Crippen molar-refractivity contribution in [3.05, 3.63) is 0 Å². The zero-order chi connectivity index (χ0) is 39.2. The van der Waals surface area contributed by atoms with Gasteiger partial charge in [0.05, 0.1) is 12.0 Å². The van der Waals surface area contributed by atoms with Crippen LogP contribution in [-0.4, -0.2) is 116 Å². The molecule has 1 aliphatic heterocycles. The molecule has 1 fully saturated rings. The molecule has 0 radical (unpaired) electrons. The second kappa shape index (κ2) is 25.6. The predicted molar refractivity (Wildman–Crippen MR) is 198 cm³/mol. The second-order valence-electron chi connectivity index (χ2n) is 14.5. The average Bonchev–Trinajstić information content (AvgIpc) is 3.10. The van der Waals surface area contributed by atoms with Gasteiger partial charge in [-0.05, 0) is 51.4 Å². The van der Waals surface area contributed by atoms with Gasteiger partial charge in [-0.2, -0.15) is 0 Å². The van der Waals surface area contributed by atoms with Crippen LogP contribution in [0.15, 0.2) is 0 Å². The SMILES string of the molecule is CCCCCCCCCC[C@H]1OC(=O)CNC(=O)[C@H]([C@H](C)O)NC(=O)[C@H](CN)NC(=O)[C@H](CCCCOC)NC(=O)[C@H](CC(C)C)N(C)C(=O)[C@@H]1C. The molecule has 15 nitrogen and oxygen atoms in total. The number of nitrogens with zero attached hydrogens (tertiary/aromatic N) is 1. The number of rotatable bonds is 18. The molecule has 0 saturated carbocycles. The van der Waals surface area contributed by atoms with Crippen molar-refractivity contribution in [1.29, 1.82) is 0 Å². The van der Waals surface area contributed by atoms with E-state index >= 15 is 0 Å². The lowest BCUT2D eigenvalue weighted by atomic mass is 9.94. The van der Waals surface area contributed by atoms with Crippen molar-refractivity contribution in [2.24, 2.45) is 17.6 Å². The van der Waals surface area contributed by atoms with Crippen LogP contribution in [0.3, 0.4) is 0 Å². The molecule has 7 N–H and O–H groups in total. The third-order valence-corrected chi connectivity index (χ3v) is 9.45. The van der Waals surface area contributed by atoms with E-state index in [9.17, 15) is 33.9 Å². The summed E-state index contributed by atoms with van der Waals surface area (Å²) in [6.45, 7) is 8.47. The minimum atomic E-state index is -1.49. The van der Waals surface area contributed by atoms with Gasteiger partial charge in [-0.15, -0.1) is 0 Å². The van der Waals surface area contributed by atoms with Crippen LogP contribution in [-0.2, 0) is 38.2 Å². The normalized spacial score (nSPS) is 25.3. The molecule has 0 unspecified atom stereocenters. The van der Waals surface area contributed by atoms with E-state index < -0.39 is 84.3 Å². The zero-order valence-corrected chi connectivity index (χ0v) is 32.7. The molecule has 0 spiro atoms. The quantitative estimate of drug-likeness (QED) is 0.0883. The highest BCUT2D eigenvalue weighted by Crippen LogP contribution is 2.22. The first-order valence-corrected chi connectivity index (χ1v) is 19.2. The van der Waals surface area contributed by atoms with E-state index in [-0.39, 0.29) is 18.9 Å². The molecule has 7 atom stereocenters. The Morgan fingerprint density at radius 2 is 1.40 bits per heavy atom. The number of hydrogen-bond donors (Lipinski definition) is 6. The van der Waals surface area contributed by atoms with Gasteiger partial charge in [0.25, 0.3) is 0 Å². The molecular weight excluding hydrogens is 672 g/mol. The zero-order valence-electron chi connectivity index (χ0n) is 32.7. The number of unbranched alkanes of at least 4 members (excludes halogenated alkanes) is 8. The van der Waals surface area contributed by atoms with E-state index in [1.165, 1.54) is 38.1 Å². The number of nitrogens with two attached hydrogens (primary N) is 1. The predicted octanol–water partition coefficient (Wildman–Crippen LogP) is 1.68. The van der Waals surface area contributed by atoms with E-state index in [2.05, 4.69) is 28.2 Å². The number of aliphatic hydroxyl groups excluding tert-OH is 1. The smallest absolute Gasteiger partial charge is 0.325 e. The highest BCUT2D eigenvalue weighted by molar-refractivity contribution is 5.96. The summed E-state index contributed by atoms with van der Waals surface area (Å²) in [4.78, 5) is 82.4. The maximum atomic E-state index is 14.1. The third kappa shape index (κ3) is 17.0. The number of methoxy groups -OCH3 is 1. The Bertz CT molecular complexity index is 1120. The summed E-state index contributed by atoms with van der Waals surface area (Å²) >= 11 is 0. The number of amides is 5. The van der Waals surface area contributed by atoms with Crippen molar-refractivity contribution >= 4 is 35.5 Å². The molecule has 5 amide bonds. The topological polar surface area (TPSA) is 218 Å². The molecule has 0 aromatic rings. The van der Waals surface area contributed by atoms with Gasteiger partial charge in [-0.3, -0.25) is 28.8 Å². The standard InChI is InChI=1S/C37H68N6O9/c1-8-9-10-11-12-13-14-15-19-30-25(4)37(50)43(6)29(21-24(2)3)35(48)40-27(18-16-17-20-51-7)33(46)41-28(22-38)34(47)42-32(26(5)44)36(49)39-23-31(45)52-30/h24-30,32,44H,8-23,38H2,1-7H3,(H,39,49)(H,40,48)(H,41,46)(H,42,47)/t25-,26+,27+,28+,29+,30-,32+/m1/s1. The van der Waals surface area contributed by atoms with Gasteiger partial charge in [0.1, 0.15) is 36.8 Å². The minimum Gasteiger partial charge on any atom is -0.460 e. The Morgan fingerprint density at radius 1 is 0.827 bits per heavy atom. The Labute approximate surface area is 310 Å². The summed E-state index contributed by atoms with van der Waals surface area (Å²) in [5, 5.41) is 20.5. The summed E-state index contributed by atoms with van der Waals surface area (Å²) in [6.07, 6.45) is 8.20. The molecule has 1 rings (SSSR count). The van der Waals surface area contributed by atoms with Crippen molar-refractivity contribution < 1.29 is 43.3 Å². The number of carbonyl (C=O) groups excluding carboxylic acids is 6. The molecule has 1 aliphatic rings. The number of esters is 1. The summed E-state index contributed by atoms with van der Waals surface area (Å²) in [5.74, 6) is -4.96. The first-order valence-electron chi connectivity index (χ1n) is 19.2. The first-order chi connectivity index (χ1) is 24.7. The van der Waals surface area contributed by atoms with Gasteiger partial charge >= 0.3 is 5.97 Å². The van der Waals surface area contributed by atoms with Crippen LogP contribution in [0.4, 0.5) is 0 Å². The summed E-state index contributed by atoms with van der Waals surface area (Å²) < 4.78 is 10.9. The van der Waals surface area contributed by atoms with Gasteiger partial charge in [0, 0.05) is 27.3 Å². The number of aliphatic hydroxyl groups is 1. The van der Waals surface area contributed by atoms with E-state index in [4.69, 9.17) is 15.2 Å². The molecular formula is C37H68N6O9. The van der Waals surface area contributed by atoms with Crippen molar-refractivity contribution in [3.8, 4) is 0 Å². The molecule has 15 heteroatoms. The van der Waals surface area contributed by atoms with Crippen LogP contribution in [0.2, 0.25) is 0 Å². The van der Waals surface area contributed by atoms with Crippen molar-refractivity contribution in [3.63, 3.8) is 0 Å². The highest BCUT2D eigenvalue weighted by atomic mass is 16.5. The fraction of sp³-hybridized carbons (Fsp3) is 0.838. The fourth-order valence-electron chi connectivity index (χ4n) is 6.19. The monoisotopic (exact) mass is 741 g/mol. The van der Waals surface area contributed by atoms with E-state index in [0.717, 1.165) is 25.7 Å². The number of ether oxygens (including phenoxy) is 2. The third-order valence-electron chi connectivity index (χ3n) is 9.45. The Hall–Kier alpha value is -3.30. The van der Waals surface area contributed by atoms with Gasteiger partial charge < -0.3 is 46.5 Å². The number of nitrogens with one attached hydrogen (secondary N) is 4. The minimum absolute atomic E-state index is 0.00126. The molecule has 52 heavy (non-hydrogen) atoms. The van der Waals surface area contributed by atoms with Crippen LogP contribution < -0.4 is 27.0 Å². The number of likely N-dealkylation sites (N-methyl/N-ethyl adjacent to an activating group) is 1. The summed E-state index contributed by atoms with van der Waals surface area (Å²) in [5.41, 5.74) is 5.84. The van der Waals surface area contributed by atoms with Crippen LogP contribution in [0.1, 0.15) is 118 Å². The van der Waals surface area contributed by atoms with Crippen molar-refractivity contribution in [2.45, 2.75) is 154 Å². The lowest BCUT2D eigenvalue weighted by Gasteiger charge is -2.34.